The fourth-order valence-corrected chi connectivity index (χ4v) is 7.06. The van der Waals surface area contributed by atoms with Crippen molar-refractivity contribution in [2.24, 2.45) is 0 Å². The zero-order chi connectivity index (χ0) is 22.0. The van der Waals surface area contributed by atoms with Gasteiger partial charge in [-0.25, -0.2) is 13.2 Å². The van der Waals surface area contributed by atoms with Crippen LogP contribution in [-0.4, -0.2) is 75.7 Å². The predicted octanol–water partition coefficient (Wildman–Crippen LogP) is 2.39. The van der Waals surface area contributed by atoms with Crippen LogP contribution in [0.3, 0.4) is 0 Å². The van der Waals surface area contributed by atoms with Crippen LogP contribution in [-0.2, 0) is 14.6 Å². The van der Waals surface area contributed by atoms with Gasteiger partial charge < -0.3 is 14.5 Å². The van der Waals surface area contributed by atoms with E-state index in [1.807, 2.05) is 35.7 Å². The summed E-state index contributed by atoms with van der Waals surface area (Å²) in [6, 6.07) is 10.7. The van der Waals surface area contributed by atoms with E-state index in [0.29, 0.717) is 37.5 Å². The Bertz CT molecular complexity index is 1050. The molecule has 2 fully saturated rings. The van der Waals surface area contributed by atoms with E-state index in [1.165, 1.54) is 16.2 Å². The molecule has 2 aliphatic rings. The first-order valence-corrected chi connectivity index (χ1v) is 12.7. The molecule has 1 aromatic carbocycles. The Balaban J connectivity index is 1.41. The van der Waals surface area contributed by atoms with Crippen molar-refractivity contribution < 1.29 is 22.7 Å². The Morgan fingerprint density at radius 3 is 2.68 bits per heavy atom. The minimum Gasteiger partial charge on any atom is -0.495 e. The average molecular weight is 464 g/mol. The zero-order valence-corrected chi connectivity index (χ0v) is 18.9. The van der Waals surface area contributed by atoms with Crippen LogP contribution >= 0.6 is 11.3 Å². The van der Waals surface area contributed by atoms with E-state index >= 15 is 0 Å². The summed E-state index contributed by atoms with van der Waals surface area (Å²) in [7, 11) is -1.77. The molecule has 2 aliphatic heterocycles. The summed E-state index contributed by atoms with van der Waals surface area (Å²) in [5.41, 5.74) is 0.671. The van der Waals surface area contributed by atoms with Gasteiger partial charge in [-0.1, -0.05) is 18.2 Å². The van der Waals surface area contributed by atoms with Crippen LogP contribution in [0.1, 0.15) is 16.5 Å². The van der Waals surface area contributed by atoms with Gasteiger partial charge in [-0.15, -0.1) is 11.3 Å². The van der Waals surface area contributed by atoms with Gasteiger partial charge in [0.05, 0.1) is 23.8 Å². The predicted molar refractivity (Wildman–Crippen MR) is 119 cm³/mol. The number of methoxy groups -OCH3 is 1. The standard InChI is InChI=1S/C21H25N3O5S2/c1-29-17-6-3-2-5-16(17)24-11-10-23(21(24)26)15-20(25)22-9-8-19(18-7-4-13-30-18)31(27,28)14-12-22/h2-7,13,19H,8-12,14-15H2,1H3. The molecule has 4 rings (SSSR count). The third-order valence-corrected chi connectivity index (χ3v) is 8.99. The molecule has 1 aromatic heterocycles. The number of hydrogen-bond donors (Lipinski definition) is 0. The Morgan fingerprint density at radius 1 is 1.13 bits per heavy atom. The quantitative estimate of drug-likeness (QED) is 0.680. The van der Waals surface area contributed by atoms with Crippen LogP contribution < -0.4 is 9.64 Å². The number of sulfone groups is 1. The largest absolute Gasteiger partial charge is 0.495 e. The third-order valence-electron chi connectivity index (χ3n) is 5.75. The van der Waals surface area contributed by atoms with E-state index in [4.69, 9.17) is 4.74 Å². The molecule has 3 amide bonds. The highest BCUT2D eigenvalue weighted by Crippen LogP contribution is 2.33. The second-order valence-electron chi connectivity index (χ2n) is 7.57. The number of ether oxygens (including phenoxy) is 1. The SMILES string of the molecule is COc1ccccc1N1CCN(CC(=O)N2CCC(c3cccs3)S(=O)(=O)CC2)C1=O. The summed E-state index contributed by atoms with van der Waals surface area (Å²) in [5, 5.41) is 1.30. The lowest BCUT2D eigenvalue weighted by Crippen LogP contribution is -2.43. The molecule has 0 aliphatic carbocycles. The number of para-hydroxylation sites is 2. The van der Waals surface area contributed by atoms with Gasteiger partial charge in [-0.2, -0.15) is 0 Å². The number of nitrogens with zero attached hydrogens (tertiary/aromatic N) is 3. The van der Waals surface area contributed by atoms with Crippen LogP contribution in [0.2, 0.25) is 0 Å². The molecule has 31 heavy (non-hydrogen) atoms. The molecule has 1 unspecified atom stereocenters. The number of benzene rings is 1. The molecule has 10 heteroatoms. The molecule has 2 saturated heterocycles. The number of thiophene rings is 1. The van der Waals surface area contributed by atoms with Crippen LogP contribution in [0.15, 0.2) is 41.8 Å². The molecular weight excluding hydrogens is 438 g/mol. The first-order chi connectivity index (χ1) is 14.9. The average Bonchev–Trinajstić information content (AvgIpc) is 3.37. The molecule has 3 heterocycles. The minimum atomic E-state index is -3.33. The number of carbonyl (C=O) groups excluding carboxylic acids is 2. The van der Waals surface area contributed by atoms with Crippen molar-refractivity contribution in [3.05, 3.63) is 46.7 Å². The summed E-state index contributed by atoms with van der Waals surface area (Å²) >= 11 is 1.43. The van der Waals surface area contributed by atoms with Gasteiger partial charge in [-0.05, 0) is 30.0 Å². The molecule has 0 spiro atoms. The number of hydrogen-bond acceptors (Lipinski definition) is 6. The molecule has 0 bridgehead atoms. The van der Waals surface area contributed by atoms with Crippen LogP contribution in [0, 0.1) is 0 Å². The number of rotatable bonds is 5. The highest BCUT2D eigenvalue weighted by atomic mass is 32.2. The van der Waals surface area contributed by atoms with Crippen molar-refractivity contribution in [1.29, 1.82) is 0 Å². The number of anilines is 1. The lowest BCUT2D eigenvalue weighted by molar-refractivity contribution is -0.131. The van der Waals surface area contributed by atoms with Gasteiger partial charge >= 0.3 is 6.03 Å². The molecule has 0 radical (unpaired) electrons. The number of urea groups is 1. The van der Waals surface area contributed by atoms with Crippen molar-refractivity contribution in [2.45, 2.75) is 11.7 Å². The first-order valence-electron chi connectivity index (χ1n) is 10.1. The van der Waals surface area contributed by atoms with Gasteiger partial charge in [0.1, 0.15) is 12.3 Å². The van der Waals surface area contributed by atoms with Crippen molar-refractivity contribution in [3.8, 4) is 5.75 Å². The minimum absolute atomic E-state index is 0.0613. The molecule has 8 nitrogen and oxygen atoms in total. The van der Waals surface area contributed by atoms with E-state index < -0.39 is 15.1 Å². The summed E-state index contributed by atoms with van der Waals surface area (Å²) in [5.74, 6) is 0.307. The Morgan fingerprint density at radius 2 is 1.94 bits per heavy atom. The highest BCUT2D eigenvalue weighted by molar-refractivity contribution is 7.91. The van der Waals surface area contributed by atoms with Crippen molar-refractivity contribution in [2.75, 3.05) is 50.5 Å². The normalized spacial score (nSPS) is 21.3. The summed E-state index contributed by atoms with van der Waals surface area (Å²) < 4.78 is 30.8. The number of amides is 3. The lowest BCUT2D eigenvalue weighted by Gasteiger charge is -2.24. The van der Waals surface area contributed by atoms with E-state index in [9.17, 15) is 18.0 Å². The van der Waals surface area contributed by atoms with Crippen LogP contribution in [0.25, 0.3) is 0 Å². The van der Waals surface area contributed by atoms with Gasteiger partial charge in [0.15, 0.2) is 9.84 Å². The summed E-state index contributed by atoms with van der Waals surface area (Å²) in [6.07, 6.45) is 0.371. The van der Waals surface area contributed by atoms with Crippen LogP contribution in [0.5, 0.6) is 5.75 Å². The fourth-order valence-electron chi connectivity index (χ4n) is 4.06. The van der Waals surface area contributed by atoms with E-state index in [2.05, 4.69) is 0 Å². The number of carbonyl (C=O) groups is 2. The maximum absolute atomic E-state index is 12.9. The molecular formula is C21H25N3O5S2. The van der Waals surface area contributed by atoms with Crippen LogP contribution in [0.4, 0.5) is 10.5 Å². The van der Waals surface area contributed by atoms with Crippen molar-refractivity contribution in [1.82, 2.24) is 9.80 Å². The molecule has 0 N–H and O–H groups in total. The highest BCUT2D eigenvalue weighted by Gasteiger charge is 2.36. The van der Waals surface area contributed by atoms with Gasteiger partial charge in [0.25, 0.3) is 0 Å². The smallest absolute Gasteiger partial charge is 0.325 e. The van der Waals surface area contributed by atoms with Crippen molar-refractivity contribution >= 4 is 38.8 Å². The Hall–Kier alpha value is -2.59. The van der Waals surface area contributed by atoms with Crippen molar-refractivity contribution in [3.63, 3.8) is 0 Å². The summed E-state index contributed by atoms with van der Waals surface area (Å²) in [4.78, 5) is 31.3. The molecule has 0 saturated carbocycles. The van der Waals surface area contributed by atoms with E-state index in [0.717, 1.165) is 4.88 Å². The zero-order valence-electron chi connectivity index (χ0n) is 17.3. The van der Waals surface area contributed by atoms with Gasteiger partial charge in [-0.3, -0.25) is 9.69 Å². The Labute approximate surface area is 185 Å². The maximum atomic E-state index is 12.9. The van der Waals surface area contributed by atoms with E-state index in [1.54, 1.807) is 23.0 Å². The molecule has 1 atom stereocenters. The second-order valence-corrected chi connectivity index (χ2v) is 10.9. The monoisotopic (exact) mass is 463 g/mol. The first kappa shape index (κ1) is 21.6. The Kier molecular flexibility index (Phi) is 6.19. The van der Waals surface area contributed by atoms with Gasteiger partial charge in [0, 0.05) is 31.1 Å². The topological polar surface area (TPSA) is 87.2 Å². The molecule has 166 valence electrons. The van der Waals surface area contributed by atoms with E-state index in [-0.39, 0.29) is 30.8 Å². The second kappa shape index (κ2) is 8.88. The van der Waals surface area contributed by atoms with Gasteiger partial charge in [0.2, 0.25) is 5.91 Å². The summed E-state index contributed by atoms with van der Waals surface area (Å²) in [6.45, 7) is 1.34. The fraction of sp³-hybridized carbons (Fsp3) is 0.429. The lowest BCUT2D eigenvalue weighted by atomic mass is 10.2. The maximum Gasteiger partial charge on any atom is 0.325 e. The molecule has 2 aromatic rings. The third kappa shape index (κ3) is 4.40.